The summed E-state index contributed by atoms with van der Waals surface area (Å²) in [6.45, 7) is 5.30. The minimum Gasteiger partial charge on any atom is -0.385 e. The molecule has 0 spiro atoms. The molecule has 1 N–H and O–H groups in total. The van der Waals surface area contributed by atoms with Crippen LogP contribution in [0.3, 0.4) is 0 Å². The van der Waals surface area contributed by atoms with E-state index in [1.165, 1.54) is 0 Å². The Morgan fingerprint density at radius 3 is 2.62 bits per heavy atom. The number of ether oxygens (including phenoxy) is 1. The van der Waals surface area contributed by atoms with Crippen LogP contribution in [-0.2, 0) is 9.53 Å². The highest BCUT2D eigenvalue weighted by atomic mass is 32.1. The zero-order valence-corrected chi connectivity index (χ0v) is 9.43. The van der Waals surface area contributed by atoms with Crippen molar-refractivity contribution in [1.82, 2.24) is 5.32 Å². The Hall–Kier alpha value is -0.220. The molecule has 0 bridgehead atoms. The second-order valence-electron chi connectivity index (χ2n) is 3.33. The van der Waals surface area contributed by atoms with Gasteiger partial charge in [-0.3, -0.25) is 4.79 Å². The molecular formula is C9H19NO2S. The zero-order valence-electron chi connectivity index (χ0n) is 8.54. The van der Waals surface area contributed by atoms with Crippen LogP contribution in [0, 0.1) is 5.92 Å². The minimum absolute atomic E-state index is 0.00874. The van der Waals surface area contributed by atoms with Gasteiger partial charge < -0.3 is 10.1 Å². The van der Waals surface area contributed by atoms with Crippen molar-refractivity contribution < 1.29 is 9.53 Å². The molecule has 1 atom stereocenters. The summed E-state index contributed by atoms with van der Waals surface area (Å²) >= 11 is 4.20. The number of amides is 1. The van der Waals surface area contributed by atoms with Crippen molar-refractivity contribution in [2.24, 2.45) is 5.92 Å². The lowest BCUT2D eigenvalue weighted by molar-refractivity contribution is -0.121. The summed E-state index contributed by atoms with van der Waals surface area (Å²) in [5.74, 6) is 0.278. The Morgan fingerprint density at radius 1 is 1.54 bits per heavy atom. The Morgan fingerprint density at radius 2 is 2.15 bits per heavy atom. The van der Waals surface area contributed by atoms with Crippen molar-refractivity contribution in [3.63, 3.8) is 0 Å². The van der Waals surface area contributed by atoms with Crippen LogP contribution in [0.4, 0.5) is 0 Å². The van der Waals surface area contributed by atoms with Crippen molar-refractivity contribution in [3.05, 3.63) is 0 Å². The first-order valence-electron chi connectivity index (χ1n) is 4.54. The normalized spacial score (nSPS) is 13.0. The number of carbonyl (C=O) groups excluding carboxylic acids is 1. The molecule has 0 saturated carbocycles. The molecule has 0 rings (SSSR count). The monoisotopic (exact) mass is 205 g/mol. The number of hydrogen-bond donors (Lipinski definition) is 2. The number of methoxy groups -OCH3 is 1. The number of thiol groups is 1. The molecule has 0 aliphatic heterocycles. The van der Waals surface area contributed by atoms with Gasteiger partial charge in [0.05, 0.1) is 5.25 Å². The molecule has 1 amide bonds. The van der Waals surface area contributed by atoms with E-state index in [0.717, 1.165) is 6.42 Å². The summed E-state index contributed by atoms with van der Waals surface area (Å²) in [5, 5.41) is 2.60. The van der Waals surface area contributed by atoms with E-state index in [2.05, 4.69) is 17.9 Å². The van der Waals surface area contributed by atoms with Gasteiger partial charge in [0.1, 0.15) is 0 Å². The highest BCUT2D eigenvalue weighted by Gasteiger charge is 2.16. The number of hydrogen-bond acceptors (Lipinski definition) is 3. The Bertz CT molecular complexity index is 151. The molecule has 4 heteroatoms. The highest BCUT2D eigenvalue weighted by Crippen LogP contribution is 2.08. The molecule has 1 unspecified atom stereocenters. The third-order valence-electron chi connectivity index (χ3n) is 1.72. The van der Waals surface area contributed by atoms with Gasteiger partial charge >= 0.3 is 0 Å². The van der Waals surface area contributed by atoms with Gasteiger partial charge in [0.15, 0.2) is 0 Å². The molecule has 0 aromatic carbocycles. The lowest BCUT2D eigenvalue weighted by Gasteiger charge is -2.14. The van der Waals surface area contributed by atoms with E-state index in [9.17, 15) is 4.79 Å². The number of rotatable bonds is 6. The second-order valence-corrected chi connectivity index (χ2v) is 3.88. The van der Waals surface area contributed by atoms with Crippen LogP contribution in [0.25, 0.3) is 0 Å². The number of nitrogens with one attached hydrogen (secondary N) is 1. The maximum Gasteiger partial charge on any atom is 0.233 e. The zero-order chi connectivity index (χ0) is 10.3. The average Bonchev–Trinajstić information content (AvgIpc) is 2.10. The van der Waals surface area contributed by atoms with Crippen LogP contribution in [0.2, 0.25) is 0 Å². The van der Waals surface area contributed by atoms with Crippen molar-refractivity contribution in [2.45, 2.75) is 25.5 Å². The average molecular weight is 205 g/mol. The fraction of sp³-hybridized carbons (Fsp3) is 0.889. The summed E-state index contributed by atoms with van der Waals surface area (Å²) in [7, 11) is 1.65. The van der Waals surface area contributed by atoms with Gasteiger partial charge in [-0.2, -0.15) is 12.6 Å². The summed E-state index contributed by atoms with van der Waals surface area (Å²) in [4.78, 5) is 11.3. The van der Waals surface area contributed by atoms with Gasteiger partial charge in [-0.05, 0) is 12.3 Å². The summed E-state index contributed by atoms with van der Waals surface area (Å²) in [6, 6.07) is 0. The Balaban J connectivity index is 3.50. The second kappa shape index (κ2) is 7.21. The van der Waals surface area contributed by atoms with E-state index in [1.54, 1.807) is 7.11 Å². The molecular weight excluding hydrogens is 186 g/mol. The largest absolute Gasteiger partial charge is 0.385 e. The van der Waals surface area contributed by atoms with Crippen LogP contribution in [-0.4, -0.2) is 31.4 Å². The maximum atomic E-state index is 11.3. The molecule has 0 aromatic rings. The molecule has 0 radical (unpaired) electrons. The summed E-state index contributed by atoms with van der Waals surface area (Å²) in [5.41, 5.74) is 0. The third kappa shape index (κ3) is 5.93. The van der Waals surface area contributed by atoms with Gasteiger partial charge in [0, 0.05) is 20.3 Å². The molecule has 13 heavy (non-hydrogen) atoms. The lowest BCUT2D eigenvalue weighted by atomic mass is 10.1. The van der Waals surface area contributed by atoms with E-state index in [1.807, 2.05) is 13.8 Å². The van der Waals surface area contributed by atoms with Crippen LogP contribution in [0.1, 0.15) is 20.3 Å². The Labute approximate surface area is 85.6 Å². The fourth-order valence-corrected chi connectivity index (χ4v) is 0.927. The van der Waals surface area contributed by atoms with Gasteiger partial charge in [-0.1, -0.05) is 13.8 Å². The number of carbonyl (C=O) groups is 1. The van der Waals surface area contributed by atoms with Gasteiger partial charge in [-0.25, -0.2) is 0 Å². The molecule has 0 aromatic heterocycles. The Kier molecular flexibility index (Phi) is 7.09. The first-order chi connectivity index (χ1) is 6.09. The predicted molar refractivity (Wildman–Crippen MR) is 57.1 cm³/mol. The molecule has 3 nitrogen and oxygen atoms in total. The maximum absolute atomic E-state index is 11.3. The van der Waals surface area contributed by atoms with Crippen molar-refractivity contribution in [2.75, 3.05) is 20.3 Å². The smallest absolute Gasteiger partial charge is 0.233 e. The minimum atomic E-state index is -0.206. The first-order valence-corrected chi connectivity index (χ1v) is 5.06. The fourth-order valence-electron chi connectivity index (χ4n) is 0.835. The molecule has 78 valence electrons. The predicted octanol–water partition coefficient (Wildman–Crippen LogP) is 1.09. The highest BCUT2D eigenvalue weighted by molar-refractivity contribution is 7.81. The van der Waals surface area contributed by atoms with Crippen molar-refractivity contribution in [3.8, 4) is 0 Å². The van der Waals surface area contributed by atoms with E-state index in [0.29, 0.717) is 13.2 Å². The molecule has 0 heterocycles. The van der Waals surface area contributed by atoms with E-state index in [4.69, 9.17) is 4.74 Å². The van der Waals surface area contributed by atoms with E-state index >= 15 is 0 Å². The quantitative estimate of drug-likeness (QED) is 0.503. The van der Waals surface area contributed by atoms with Crippen molar-refractivity contribution >= 4 is 18.5 Å². The van der Waals surface area contributed by atoms with Crippen LogP contribution >= 0.6 is 12.6 Å². The molecule has 0 aliphatic rings. The molecule has 0 saturated heterocycles. The topological polar surface area (TPSA) is 38.3 Å². The standard InChI is InChI=1S/C9H19NO2S/c1-7(2)8(13)9(11)10-5-4-6-12-3/h7-8,13H,4-6H2,1-3H3,(H,10,11). The first kappa shape index (κ1) is 12.8. The van der Waals surface area contributed by atoms with Gasteiger partial charge in [0.2, 0.25) is 5.91 Å². The van der Waals surface area contributed by atoms with Crippen LogP contribution in [0.5, 0.6) is 0 Å². The van der Waals surface area contributed by atoms with E-state index < -0.39 is 0 Å². The van der Waals surface area contributed by atoms with Crippen LogP contribution < -0.4 is 5.32 Å². The van der Waals surface area contributed by atoms with E-state index in [-0.39, 0.29) is 17.1 Å². The molecule has 0 fully saturated rings. The van der Waals surface area contributed by atoms with Gasteiger partial charge in [-0.15, -0.1) is 0 Å². The summed E-state index contributed by atoms with van der Waals surface area (Å²) < 4.78 is 4.86. The van der Waals surface area contributed by atoms with Gasteiger partial charge in [0.25, 0.3) is 0 Å². The van der Waals surface area contributed by atoms with Crippen LogP contribution in [0.15, 0.2) is 0 Å². The molecule has 0 aliphatic carbocycles. The summed E-state index contributed by atoms with van der Waals surface area (Å²) in [6.07, 6.45) is 0.848. The third-order valence-corrected chi connectivity index (χ3v) is 2.56. The van der Waals surface area contributed by atoms with Crippen molar-refractivity contribution in [1.29, 1.82) is 0 Å². The SMILES string of the molecule is COCCCNC(=O)C(S)C(C)C. The lowest BCUT2D eigenvalue weighted by Crippen LogP contribution is -2.35.